The van der Waals surface area contributed by atoms with Crippen LogP contribution in [0.25, 0.3) is 0 Å². The van der Waals surface area contributed by atoms with Crippen LogP contribution < -0.4 is 11.5 Å². The van der Waals surface area contributed by atoms with Crippen molar-refractivity contribution in [1.82, 2.24) is 0 Å². The number of carbonyl (C=O) groups is 1. The second-order valence-corrected chi connectivity index (χ2v) is 6.57. The number of hydrogen-bond acceptors (Lipinski definition) is 3. The van der Waals surface area contributed by atoms with Crippen LogP contribution >= 0.6 is 15.9 Å². The molecule has 0 fully saturated rings. The van der Waals surface area contributed by atoms with Crippen molar-refractivity contribution in [3.8, 4) is 0 Å². The van der Waals surface area contributed by atoms with E-state index in [1.54, 1.807) is 42.5 Å². The average Bonchev–Trinajstić information content (AvgIpc) is 2.42. The van der Waals surface area contributed by atoms with Gasteiger partial charge < -0.3 is 11.5 Å². The quantitative estimate of drug-likeness (QED) is 0.828. The predicted molar refractivity (Wildman–Crippen MR) is 83.6 cm³/mol. The molecule has 1 atom stereocenters. The van der Waals surface area contributed by atoms with Crippen LogP contribution in [-0.4, -0.2) is 10.1 Å². The maximum absolute atomic E-state index is 12.3. The third-order valence-electron chi connectivity index (χ3n) is 2.76. The topological polar surface area (TPSA) is 86.2 Å². The lowest BCUT2D eigenvalue weighted by Gasteiger charge is -2.07. The summed E-state index contributed by atoms with van der Waals surface area (Å²) in [5.41, 5.74) is 12.8. The van der Waals surface area contributed by atoms with Gasteiger partial charge in [0.25, 0.3) is 0 Å². The van der Waals surface area contributed by atoms with Crippen molar-refractivity contribution in [3.05, 3.63) is 58.1 Å². The van der Waals surface area contributed by atoms with Gasteiger partial charge in [0.15, 0.2) is 0 Å². The SMILES string of the molecule is NC(=O)c1ccc(CS(=O)c2cc(Br)ccc2N)cc1. The molecule has 0 saturated heterocycles. The van der Waals surface area contributed by atoms with E-state index in [0.717, 1.165) is 10.0 Å². The molecule has 104 valence electrons. The van der Waals surface area contributed by atoms with Gasteiger partial charge in [0.1, 0.15) is 0 Å². The van der Waals surface area contributed by atoms with Crippen LogP contribution in [0.2, 0.25) is 0 Å². The van der Waals surface area contributed by atoms with Gasteiger partial charge >= 0.3 is 0 Å². The van der Waals surface area contributed by atoms with Gasteiger partial charge in [0.2, 0.25) is 5.91 Å². The fourth-order valence-corrected chi connectivity index (χ4v) is 3.45. The minimum absolute atomic E-state index is 0.333. The summed E-state index contributed by atoms with van der Waals surface area (Å²) >= 11 is 3.33. The molecular formula is C14H13BrN2O2S. The van der Waals surface area contributed by atoms with Gasteiger partial charge in [0, 0.05) is 15.7 Å². The van der Waals surface area contributed by atoms with Gasteiger partial charge in [-0.15, -0.1) is 0 Å². The Hall–Kier alpha value is -1.66. The zero-order valence-corrected chi connectivity index (χ0v) is 12.9. The van der Waals surface area contributed by atoms with E-state index < -0.39 is 16.7 Å². The molecule has 2 aromatic rings. The molecule has 1 amide bonds. The fourth-order valence-electron chi connectivity index (χ4n) is 1.70. The van der Waals surface area contributed by atoms with Gasteiger partial charge in [0.05, 0.1) is 21.4 Å². The lowest BCUT2D eigenvalue weighted by molar-refractivity contribution is 0.100. The number of primary amides is 1. The molecule has 0 bridgehead atoms. The molecule has 0 radical (unpaired) electrons. The minimum atomic E-state index is -1.24. The Morgan fingerprint density at radius 1 is 1.15 bits per heavy atom. The van der Waals surface area contributed by atoms with Crippen LogP contribution in [0.4, 0.5) is 5.69 Å². The molecule has 0 spiro atoms. The normalized spacial score (nSPS) is 12.1. The monoisotopic (exact) mass is 352 g/mol. The van der Waals surface area contributed by atoms with Crippen LogP contribution in [0, 0.1) is 0 Å². The molecule has 0 saturated carbocycles. The number of anilines is 1. The largest absolute Gasteiger partial charge is 0.398 e. The van der Waals surface area contributed by atoms with E-state index in [1.165, 1.54) is 0 Å². The Morgan fingerprint density at radius 3 is 2.40 bits per heavy atom. The number of benzene rings is 2. The van der Waals surface area contributed by atoms with Gasteiger partial charge in [-0.1, -0.05) is 28.1 Å². The van der Waals surface area contributed by atoms with Crippen LogP contribution in [0.5, 0.6) is 0 Å². The molecule has 0 aliphatic carbocycles. The molecule has 20 heavy (non-hydrogen) atoms. The number of carbonyl (C=O) groups excluding carboxylic acids is 1. The number of hydrogen-bond donors (Lipinski definition) is 2. The van der Waals surface area contributed by atoms with Gasteiger partial charge in [-0.2, -0.15) is 0 Å². The first-order valence-corrected chi connectivity index (χ1v) is 7.90. The van der Waals surface area contributed by atoms with Gasteiger partial charge in [-0.25, -0.2) is 0 Å². The predicted octanol–water partition coefficient (Wildman–Crippen LogP) is 2.44. The Balaban J connectivity index is 2.19. The van der Waals surface area contributed by atoms with Crippen LogP contribution in [-0.2, 0) is 16.6 Å². The van der Waals surface area contributed by atoms with E-state index in [-0.39, 0.29) is 0 Å². The lowest BCUT2D eigenvalue weighted by Crippen LogP contribution is -2.10. The van der Waals surface area contributed by atoms with Crippen LogP contribution in [0.3, 0.4) is 0 Å². The minimum Gasteiger partial charge on any atom is -0.398 e. The first-order chi connectivity index (χ1) is 9.47. The van der Waals surface area contributed by atoms with E-state index in [1.807, 2.05) is 0 Å². The number of nitrogen functional groups attached to an aromatic ring is 1. The van der Waals surface area contributed by atoms with Crippen molar-refractivity contribution in [3.63, 3.8) is 0 Å². The molecule has 4 nitrogen and oxygen atoms in total. The van der Waals surface area contributed by atoms with Crippen molar-refractivity contribution in [2.75, 3.05) is 5.73 Å². The summed E-state index contributed by atoms with van der Waals surface area (Å²) in [6, 6.07) is 12.0. The highest BCUT2D eigenvalue weighted by Crippen LogP contribution is 2.23. The molecule has 1 unspecified atom stereocenters. The first kappa shape index (κ1) is 14.7. The number of rotatable bonds is 4. The standard InChI is InChI=1S/C14H13BrN2O2S/c15-11-5-6-12(16)13(7-11)20(19)8-9-1-3-10(4-2-9)14(17)18/h1-7H,8,16H2,(H2,17,18). The number of halogens is 1. The molecular weight excluding hydrogens is 340 g/mol. The van der Waals surface area contributed by atoms with E-state index in [4.69, 9.17) is 11.5 Å². The lowest BCUT2D eigenvalue weighted by atomic mass is 10.1. The zero-order valence-electron chi connectivity index (χ0n) is 10.5. The Labute approximate surface area is 127 Å². The van der Waals surface area contributed by atoms with Crippen molar-refractivity contribution in [2.24, 2.45) is 5.73 Å². The van der Waals surface area contributed by atoms with Crippen LogP contribution in [0.15, 0.2) is 51.8 Å². The Kier molecular flexibility index (Phi) is 4.57. The second kappa shape index (κ2) is 6.19. The van der Waals surface area contributed by atoms with Crippen molar-refractivity contribution >= 4 is 38.3 Å². The summed E-state index contributed by atoms with van der Waals surface area (Å²) in [7, 11) is -1.24. The maximum atomic E-state index is 12.3. The summed E-state index contributed by atoms with van der Waals surface area (Å²) in [5, 5.41) is 0. The summed E-state index contributed by atoms with van der Waals surface area (Å²) in [6.07, 6.45) is 0. The van der Waals surface area contributed by atoms with E-state index in [2.05, 4.69) is 15.9 Å². The van der Waals surface area contributed by atoms with Crippen LogP contribution in [0.1, 0.15) is 15.9 Å². The number of nitrogens with two attached hydrogens (primary N) is 2. The molecule has 4 N–H and O–H groups in total. The first-order valence-electron chi connectivity index (χ1n) is 5.79. The maximum Gasteiger partial charge on any atom is 0.248 e. The average molecular weight is 353 g/mol. The summed E-state index contributed by atoms with van der Waals surface area (Å²) in [4.78, 5) is 11.6. The summed E-state index contributed by atoms with van der Waals surface area (Å²) in [5.74, 6) is -0.145. The van der Waals surface area contributed by atoms with Gasteiger partial charge in [-0.05, 0) is 35.9 Å². The molecule has 0 heterocycles. The number of amides is 1. The molecule has 0 aromatic heterocycles. The zero-order chi connectivity index (χ0) is 14.7. The van der Waals surface area contributed by atoms with E-state index in [9.17, 15) is 9.00 Å². The van der Waals surface area contributed by atoms with E-state index in [0.29, 0.717) is 21.9 Å². The van der Waals surface area contributed by atoms with Crippen molar-refractivity contribution < 1.29 is 9.00 Å². The summed E-state index contributed by atoms with van der Waals surface area (Å²) in [6.45, 7) is 0. The third kappa shape index (κ3) is 3.46. The highest BCUT2D eigenvalue weighted by molar-refractivity contribution is 9.10. The molecule has 0 aliphatic rings. The van der Waals surface area contributed by atoms with Crippen molar-refractivity contribution in [2.45, 2.75) is 10.6 Å². The summed E-state index contributed by atoms with van der Waals surface area (Å²) < 4.78 is 13.2. The smallest absolute Gasteiger partial charge is 0.248 e. The molecule has 6 heteroatoms. The highest BCUT2D eigenvalue weighted by Gasteiger charge is 2.10. The Bertz CT molecular complexity index is 671. The van der Waals surface area contributed by atoms with E-state index >= 15 is 0 Å². The second-order valence-electron chi connectivity index (χ2n) is 4.23. The third-order valence-corrected chi connectivity index (χ3v) is 4.69. The molecule has 2 rings (SSSR count). The molecule has 0 aliphatic heterocycles. The fraction of sp³-hybridized carbons (Fsp3) is 0.0714. The molecule has 2 aromatic carbocycles. The highest BCUT2D eigenvalue weighted by atomic mass is 79.9. The Morgan fingerprint density at radius 2 is 1.80 bits per heavy atom. The van der Waals surface area contributed by atoms with Gasteiger partial charge in [-0.3, -0.25) is 9.00 Å². The van der Waals surface area contributed by atoms with Crippen molar-refractivity contribution in [1.29, 1.82) is 0 Å².